The summed E-state index contributed by atoms with van der Waals surface area (Å²) < 4.78 is 1.71. The lowest BCUT2D eigenvalue weighted by atomic mass is 10.2. The van der Waals surface area contributed by atoms with Crippen LogP contribution in [0.3, 0.4) is 0 Å². The molecule has 3 heteroatoms. The summed E-state index contributed by atoms with van der Waals surface area (Å²) in [6.45, 7) is 6.94. The zero-order chi connectivity index (χ0) is 9.84. The molecule has 0 spiro atoms. The van der Waals surface area contributed by atoms with Crippen LogP contribution in [-0.4, -0.2) is 14.9 Å². The largest absolute Gasteiger partial charge is 0.493 e. The highest BCUT2D eigenvalue weighted by atomic mass is 16.3. The first-order valence-corrected chi connectivity index (χ1v) is 4.95. The molecule has 0 atom stereocenters. The summed E-state index contributed by atoms with van der Waals surface area (Å²) in [5, 5.41) is 14.0. The summed E-state index contributed by atoms with van der Waals surface area (Å²) >= 11 is 0. The van der Waals surface area contributed by atoms with Crippen LogP contribution in [0.4, 0.5) is 0 Å². The van der Waals surface area contributed by atoms with Crippen molar-refractivity contribution in [2.75, 3.05) is 0 Å². The lowest BCUT2D eigenvalue weighted by Crippen LogP contribution is -1.99. The second-order valence-electron chi connectivity index (χ2n) is 3.32. The molecule has 1 heterocycles. The van der Waals surface area contributed by atoms with E-state index in [0.717, 1.165) is 37.1 Å². The van der Waals surface area contributed by atoms with E-state index in [9.17, 15) is 5.11 Å². The zero-order valence-corrected chi connectivity index (χ0v) is 8.67. The van der Waals surface area contributed by atoms with Gasteiger partial charge in [0, 0.05) is 12.1 Å². The number of aryl methyl sites for hydroxylation is 2. The molecule has 1 aromatic rings. The van der Waals surface area contributed by atoms with E-state index in [1.54, 1.807) is 4.68 Å². The quantitative estimate of drug-likeness (QED) is 0.775. The van der Waals surface area contributed by atoms with Gasteiger partial charge in [-0.1, -0.05) is 20.3 Å². The van der Waals surface area contributed by atoms with Gasteiger partial charge in [-0.15, -0.1) is 0 Å². The standard InChI is InChI=1S/C10H18N2O/c1-4-6-7-12-10(13)9(5-2)8(3)11-12/h13H,4-7H2,1-3H3. The molecule has 0 aromatic carbocycles. The minimum Gasteiger partial charge on any atom is -0.493 e. The average Bonchev–Trinajstić information content (AvgIpc) is 2.38. The first-order valence-electron chi connectivity index (χ1n) is 4.95. The van der Waals surface area contributed by atoms with Gasteiger partial charge in [0.25, 0.3) is 0 Å². The molecule has 0 unspecified atom stereocenters. The Kier molecular flexibility index (Phi) is 3.34. The van der Waals surface area contributed by atoms with E-state index in [1.807, 2.05) is 13.8 Å². The molecule has 0 aliphatic rings. The Morgan fingerprint density at radius 3 is 2.54 bits per heavy atom. The minimum atomic E-state index is 0.355. The van der Waals surface area contributed by atoms with Crippen LogP contribution in [-0.2, 0) is 13.0 Å². The van der Waals surface area contributed by atoms with E-state index in [-0.39, 0.29) is 0 Å². The topological polar surface area (TPSA) is 38.0 Å². The summed E-state index contributed by atoms with van der Waals surface area (Å²) in [5.74, 6) is 0.355. The predicted octanol–water partition coefficient (Wildman–Crippen LogP) is 2.26. The van der Waals surface area contributed by atoms with E-state index in [2.05, 4.69) is 12.0 Å². The smallest absolute Gasteiger partial charge is 0.212 e. The van der Waals surface area contributed by atoms with Gasteiger partial charge in [-0.2, -0.15) is 5.10 Å². The van der Waals surface area contributed by atoms with Crippen LogP contribution >= 0.6 is 0 Å². The Bertz CT molecular complexity index is 279. The molecule has 0 amide bonds. The molecule has 0 radical (unpaired) electrons. The van der Waals surface area contributed by atoms with Gasteiger partial charge in [0.15, 0.2) is 0 Å². The van der Waals surface area contributed by atoms with Gasteiger partial charge in [-0.05, 0) is 19.8 Å². The lowest BCUT2D eigenvalue weighted by Gasteiger charge is -2.01. The molecular formula is C10H18N2O. The van der Waals surface area contributed by atoms with Gasteiger partial charge in [0.05, 0.1) is 5.69 Å². The Labute approximate surface area is 79.4 Å². The van der Waals surface area contributed by atoms with Gasteiger partial charge in [-0.25, -0.2) is 4.68 Å². The van der Waals surface area contributed by atoms with Crippen LogP contribution in [0, 0.1) is 6.92 Å². The van der Waals surface area contributed by atoms with Gasteiger partial charge in [0.1, 0.15) is 0 Å². The summed E-state index contributed by atoms with van der Waals surface area (Å²) in [7, 11) is 0. The molecule has 1 rings (SSSR count). The maximum absolute atomic E-state index is 9.74. The Balaban J connectivity index is 2.83. The Morgan fingerprint density at radius 2 is 2.08 bits per heavy atom. The highest BCUT2D eigenvalue weighted by Gasteiger charge is 2.11. The number of hydrogen-bond donors (Lipinski definition) is 1. The van der Waals surface area contributed by atoms with Crippen molar-refractivity contribution in [1.29, 1.82) is 0 Å². The maximum atomic E-state index is 9.74. The molecule has 13 heavy (non-hydrogen) atoms. The second kappa shape index (κ2) is 4.30. The summed E-state index contributed by atoms with van der Waals surface area (Å²) in [5.41, 5.74) is 1.94. The summed E-state index contributed by atoms with van der Waals surface area (Å²) in [4.78, 5) is 0. The Morgan fingerprint density at radius 1 is 1.38 bits per heavy atom. The number of aromatic hydroxyl groups is 1. The van der Waals surface area contributed by atoms with E-state index < -0.39 is 0 Å². The highest BCUT2D eigenvalue weighted by molar-refractivity contribution is 5.29. The SMILES string of the molecule is CCCCn1nc(C)c(CC)c1O. The van der Waals surface area contributed by atoms with Gasteiger partial charge >= 0.3 is 0 Å². The average molecular weight is 182 g/mol. The van der Waals surface area contributed by atoms with E-state index >= 15 is 0 Å². The monoisotopic (exact) mass is 182 g/mol. The van der Waals surface area contributed by atoms with Crippen LogP contribution in [0.1, 0.15) is 37.9 Å². The fraction of sp³-hybridized carbons (Fsp3) is 0.700. The van der Waals surface area contributed by atoms with E-state index in [0.29, 0.717) is 5.88 Å². The maximum Gasteiger partial charge on any atom is 0.212 e. The number of hydrogen-bond acceptors (Lipinski definition) is 2. The number of rotatable bonds is 4. The molecule has 0 saturated carbocycles. The third-order valence-corrected chi connectivity index (χ3v) is 2.30. The fourth-order valence-electron chi connectivity index (χ4n) is 1.48. The highest BCUT2D eigenvalue weighted by Crippen LogP contribution is 2.21. The number of nitrogens with zero attached hydrogens (tertiary/aromatic N) is 2. The molecule has 1 N–H and O–H groups in total. The normalized spacial score (nSPS) is 10.7. The first-order chi connectivity index (χ1) is 6.20. The molecule has 0 bridgehead atoms. The van der Waals surface area contributed by atoms with Crippen molar-refractivity contribution < 1.29 is 5.11 Å². The van der Waals surface area contributed by atoms with Crippen molar-refractivity contribution in [3.8, 4) is 5.88 Å². The van der Waals surface area contributed by atoms with Crippen molar-refractivity contribution in [2.45, 2.75) is 46.6 Å². The third-order valence-electron chi connectivity index (χ3n) is 2.30. The van der Waals surface area contributed by atoms with Crippen molar-refractivity contribution in [1.82, 2.24) is 9.78 Å². The molecule has 3 nitrogen and oxygen atoms in total. The molecule has 0 fully saturated rings. The molecule has 74 valence electrons. The molecule has 0 aliphatic carbocycles. The van der Waals surface area contributed by atoms with E-state index in [4.69, 9.17) is 0 Å². The Hall–Kier alpha value is -0.990. The van der Waals surface area contributed by atoms with Crippen molar-refractivity contribution in [3.63, 3.8) is 0 Å². The number of aromatic nitrogens is 2. The van der Waals surface area contributed by atoms with Gasteiger partial charge in [0.2, 0.25) is 5.88 Å². The first kappa shape index (κ1) is 10.1. The predicted molar refractivity (Wildman–Crippen MR) is 52.9 cm³/mol. The molecule has 0 aliphatic heterocycles. The van der Waals surface area contributed by atoms with Crippen molar-refractivity contribution >= 4 is 0 Å². The lowest BCUT2D eigenvalue weighted by molar-refractivity contribution is 0.389. The summed E-state index contributed by atoms with van der Waals surface area (Å²) in [6, 6.07) is 0. The summed E-state index contributed by atoms with van der Waals surface area (Å²) in [6.07, 6.45) is 3.04. The van der Waals surface area contributed by atoms with Crippen LogP contribution in [0.5, 0.6) is 5.88 Å². The fourth-order valence-corrected chi connectivity index (χ4v) is 1.48. The van der Waals surface area contributed by atoms with Gasteiger partial charge in [-0.3, -0.25) is 0 Å². The van der Waals surface area contributed by atoms with Crippen LogP contribution in [0.15, 0.2) is 0 Å². The van der Waals surface area contributed by atoms with Crippen LogP contribution in [0.2, 0.25) is 0 Å². The van der Waals surface area contributed by atoms with Crippen molar-refractivity contribution in [2.24, 2.45) is 0 Å². The third kappa shape index (κ3) is 2.02. The van der Waals surface area contributed by atoms with Crippen LogP contribution in [0.25, 0.3) is 0 Å². The van der Waals surface area contributed by atoms with E-state index in [1.165, 1.54) is 0 Å². The molecular weight excluding hydrogens is 164 g/mol. The molecule has 0 saturated heterocycles. The number of unbranched alkanes of at least 4 members (excludes halogenated alkanes) is 1. The minimum absolute atomic E-state index is 0.355. The van der Waals surface area contributed by atoms with Gasteiger partial charge < -0.3 is 5.11 Å². The van der Waals surface area contributed by atoms with Crippen LogP contribution < -0.4 is 0 Å². The zero-order valence-electron chi connectivity index (χ0n) is 8.67. The molecule has 1 aromatic heterocycles. The van der Waals surface area contributed by atoms with Crippen molar-refractivity contribution in [3.05, 3.63) is 11.3 Å². The second-order valence-corrected chi connectivity index (χ2v) is 3.32.